The summed E-state index contributed by atoms with van der Waals surface area (Å²) in [6, 6.07) is 7.90. The van der Waals surface area contributed by atoms with Crippen molar-refractivity contribution in [3.05, 3.63) is 53.5 Å². The van der Waals surface area contributed by atoms with E-state index in [0.29, 0.717) is 12.1 Å². The molecule has 0 aliphatic carbocycles. The molecule has 1 fully saturated rings. The first-order valence-electron chi connectivity index (χ1n) is 9.14. The lowest BCUT2D eigenvalue weighted by molar-refractivity contribution is 0.475. The molecule has 1 aliphatic rings. The lowest BCUT2D eigenvalue weighted by Gasteiger charge is -2.33. The molecule has 0 N–H and O–H groups in total. The lowest BCUT2D eigenvalue weighted by Crippen LogP contribution is -2.36. The van der Waals surface area contributed by atoms with Crippen LogP contribution in [0.1, 0.15) is 41.7 Å². The molecule has 0 spiro atoms. The van der Waals surface area contributed by atoms with Crippen molar-refractivity contribution in [2.75, 3.05) is 18.0 Å². The molecule has 3 aromatic heterocycles. The Hall–Kier alpha value is -3.21. The van der Waals surface area contributed by atoms with Gasteiger partial charge in [-0.05, 0) is 38.0 Å². The van der Waals surface area contributed by atoms with Crippen LogP contribution < -0.4 is 4.90 Å². The van der Waals surface area contributed by atoms with E-state index >= 15 is 0 Å². The largest absolute Gasteiger partial charge is 0.355 e. The van der Waals surface area contributed by atoms with Crippen LogP contribution in [0.3, 0.4) is 0 Å². The summed E-state index contributed by atoms with van der Waals surface area (Å²) >= 11 is 0. The molecule has 0 saturated carbocycles. The van der Waals surface area contributed by atoms with Crippen LogP contribution in [0.2, 0.25) is 0 Å². The minimum Gasteiger partial charge on any atom is -0.355 e. The standard InChI is InChI=1S/C19H22N8/c1-14-6-7-15(11-20)18(22-14)26-9-3-5-16(12-26)19-24-23-17(25(19)2)13-27-10-4-8-21-27/h4,6-8,10,16H,3,5,9,12-13H2,1-2H3/t16-/m1/s1. The van der Waals surface area contributed by atoms with E-state index in [1.54, 1.807) is 6.20 Å². The first kappa shape index (κ1) is 17.2. The molecule has 0 aromatic carbocycles. The van der Waals surface area contributed by atoms with Gasteiger partial charge in [0, 0.05) is 44.1 Å². The fourth-order valence-electron chi connectivity index (χ4n) is 3.66. The molecule has 0 radical (unpaired) electrons. The first-order chi connectivity index (χ1) is 13.2. The highest BCUT2D eigenvalue weighted by Crippen LogP contribution is 2.30. The normalized spacial score (nSPS) is 17.1. The fraction of sp³-hybridized carbons (Fsp3) is 0.421. The number of hydrogen-bond donors (Lipinski definition) is 0. The molecule has 3 aromatic rings. The Balaban J connectivity index is 1.56. The number of aromatic nitrogens is 6. The smallest absolute Gasteiger partial charge is 0.154 e. The van der Waals surface area contributed by atoms with E-state index in [4.69, 9.17) is 0 Å². The van der Waals surface area contributed by atoms with Crippen molar-refractivity contribution in [1.82, 2.24) is 29.5 Å². The lowest BCUT2D eigenvalue weighted by atomic mass is 9.96. The van der Waals surface area contributed by atoms with E-state index in [0.717, 1.165) is 49.1 Å². The topological polar surface area (TPSA) is 88.5 Å². The average molecular weight is 362 g/mol. The molecule has 8 heteroatoms. The second-order valence-electron chi connectivity index (χ2n) is 6.96. The molecule has 0 unspecified atom stereocenters. The van der Waals surface area contributed by atoms with E-state index < -0.39 is 0 Å². The minimum absolute atomic E-state index is 0.261. The predicted octanol–water partition coefficient (Wildman–Crippen LogP) is 2.02. The van der Waals surface area contributed by atoms with Gasteiger partial charge in [-0.1, -0.05) is 0 Å². The number of aryl methyl sites for hydroxylation is 1. The first-order valence-corrected chi connectivity index (χ1v) is 9.14. The fourth-order valence-corrected chi connectivity index (χ4v) is 3.66. The Bertz CT molecular complexity index is 966. The number of nitriles is 1. The highest BCUT2D eigenvalue weighted by Gasteiger charge is 2.28. The highest BCUT2D eigenvalue weighted by molar-refractivity contribution is 5.54. The van der Waals surface area contributed by atoms with Gasteiger partial charge in [0.15, 0.2) is 5.82 Å². The van der Waals surface area contributed by atoms with Crippen LogP contribution in [0.5, 0.6) is 0 Å². The summed E-state index contributed by atoms with van der Waals surface area (Å²) in [6.45, 7) is 4.25. The Morgan fingerprint density at radius 2 is 2.19 bits per heavy atom. The molecule has 1 atom stereocenters. The summed E-state index contributed by atoms with van der Waals surface area (Å²) in [5.74, 6) is 2.91. The monoisotopic (exact) mass is 362 g/mol. The highest BCUT2D eigenvalue weighted by atomic mass is 15.3. The number of rotatable bonds is 4. The number of nitrogens with zero attached hydrogens (tertiary/aromatic N) is 8. The van der Waals surface area contributed by atoms with Crippen LogP contribution in [0.4, 0.5) is 5.82 Å². The third kappa shape index (κ3) is 3.40. The maximum atomic E-state index is 9.44. The van der Waals surface area contributed by atoms with Crippen molar-refractivity contribution >= 4 is 5.82 Å². The van der Waals surface area contributed by atoms with Crippen molar-refractivity contribution in [2.24, 2.45) is 7.05 Å². The van der Waals surface area contributed by atoms with Crippen molar-refractivity contribution in [1.29, 1.82) is 5.26 Å². The Morgan fingerprint density at radius 1 is 1.30 bits per heavy atom. The zero-order valence-electron chi connectivity index (χ0n) is 15.6. The number of pyridine rings is 1. The van der Waals surface area contributed by atoms with Crippen molar-refractivity contribution in [2.45, 2.75) is 32.2 Å². The zero-order valence-corrected chi connectivity index (χ0v) is 15.6. The van der Waals surface area contributed by atoms with Crippen LogP contribution in [-0.4, -0.2) is 42.6 Å². The molecule has 1 saturated heterocycles. The molecule has 1 aliphatic heterocycles. The van der Waals surface area contributed by atoms with Gasteiger partial charge in [-0.15, -0.1) is 10.2 Å². The van der Waals surface area contributed by atoms with Crippen molar-refractivity contribution in [3.63, 3.8) is 0 Å². The molecule has 27 heavy (non-hydrogen) atoms. The maximum absolute atomic E-state index is 9.44. The molecule has 0 bridgehead atoms. The van der Waals surface area contributed by atoms with Crippen molar-refractivity contribution in [3.8, 4) is 6.07 Å². The van der Waals surface area contributed by atoms with E-state index in [-0.39, 0.29) is 5.92 Å². The van der Waals surface area contributed by atoms with Crippen LogP contribution >= 0.6 is 0 Å². The summed E-state index contributed by atoms with van der Waals surface area (Å²) in [5.41, 5.74) is 1.55. The van der Waals surface area contributed by atoms with Crippen LogP contribution in [0.25, 0.3) is 0 Å². The molecule has 138 valence electrons. The van der Waals surface area contributed by atoms with Gasteiger partial charge in [-0.2, -0.15) is 10.4 Å². The van der Waals surface area contributed by atoms with Gasteiger partial charge < -0.3 is 9.47 Å². The summed E-state index contributed by atoms with van der Waals surface area (Å²) < 4.78 is 3.92. The van der Waals surface area contributed by atoms with E-state index in [9.17, 15) is 5.26 Å². The van der Waals surface area contributed by atoms with Gasteiger partial charge in [0.05, 0.1) is 5.56 Å². The van der Waals surface area contributed by atoms with Crippen LogP contribution in [-0.2, 0) is 13.6 Å². The number of anilines is 1. The Morgan fingerprint density at radius 3 is 2.96 bits per heavy atom. The van der Waals surface area contributed by atoms with Crippen LogP contribution in [0.15, 0.2) is 30.6 Å². The summed E-state index contributed by atoms with van der Waals surface area (Å²) in [5, 5.41) is 22.5. The average Bonchev–Trinajstić information content (AvgIpc) is 3.33. The summed E-state index contributed by atoms with van der Waals surface area (Å²) in [7, 11) is 2.01. The summed E-state index contributed by atoms with van der Waals surface area (Å²) in [6.07, 6.45) is 5.77. The third-order valence-electron chi connectivity index (χ3n) is 5.08. The van der Waals surface area contributed by atoms with Gasteiger partial charge in [0.1, 0.15) is 24.3 Å². The van der Waals surface area contributed by atoms with Gasteiger partial charge in [0.25, 0.3) is 0 Å². The second-order valence-corrected chi connectivity index (χ2v) is 6.96. The van der Waals surface area contributed by atoms with E-state index in [1.807, 2.05) is 43.0 Å². The Labute approximate surface area is 158 Å². The quantitative estimate of drug-likeness (QED) is 0.705. The third-order valence-corrected chi connectivity index (χ3v) is 5.08. The van der Waals surface area contributed by atoms with E-state index in [1.165, 1.54) is 0 Å². The predicted molar refractivity (Wildman–Crippen MR) is 100 cm³/mol. The van der Waals surface area contributed by atoms with Gasteiger partial charge in [0.2, 0.25) is 0 Å². The van der Waals surface area contributed by atoms with E-state index in [2.05, 4.69) is 35.8 Å². The molecule has 0 amide bonds. The second kappa shape index (κ2) is 7.19. The van der Waals surface area contributed by atoms with Crippen LogP contribution in [0, 0.1) is 18.3 Å². The minimum atomic E-state index is 0.261. The van der Waals surface area contributed by atoms with Gasteiger partial charge in [-0.25, -0.2) is 4.98 Å². The van der Waals surface area contributed by atoms with Gasteiger partial charge in [-0.3, -0.25) is 4.68 Å². The Kier molecular flexibility index (Phi) is 4.59. The molecular formula is C19H22N8. The molecule has 4 rings (SSSR count). The van der Waals surface area contributed by atoms with Gasteiger partial charge >= 0.3 is 0 Å². The number of hydrogen-bond acceptors (Lipinski definition) is 6. The SMILES string of the molecule is Cc1ccc(C#N)c(N2CCC[C@@H](c3nnc(Cn4cccn4)n3C)C2)n1. The zero-order chi connectivity index (χ0) is 18.8. The molecule has 4 heterocycles. The van der Waals surface area contributed by atoms with Crippen molar-refractivity contribution < 1.29 is 0 Å². The molecular weight excluding hydrogens is 340 g/mol. The maximum Gasteiger partial charge on any atom is 0.154 e. The number of piperidine rings is 1. The summed E-state index contributed by atoms with van der Waals surface area (Å²) in [4.78, 5) is 6.83. The molecule has 8 nitrogen and oxygen atoms in total.